The molecule has 3 rings (SSSR count). The molecule has 0 bridgehead atoms. The van der Waals surface area contributed by atoms with Gasteiger partial charge < -0.3 is 5.32 Å². The van der Waals surface area contributed by atoms with Crippen LogP contribution in [-0.4, -0.2) is 32.2 Å². The summed E-state index contributed by atoms with van der Waals surface area (Å²) in [4.78, 5) is 12.5. The maximum Gasteiger partial charge on any atom is 0.252 e. The lowest BCUT2D eigenvalue weighted by molar-refractivity contribution is -0.122. The van der Waals surface area contributed by atoms with Gasteiger partial charge in [-0.05, 0) is 48.6 Å². The number of halogens is 2. The molecule has 9 heteroatoms. The maximum atomic E-state index is 12.5. The van der Waals surface area contributed by atoms with Gasteiger partial charge >= 0.3 is 0 Å². The molecule has 1 fully saturated rings. The molecule has 1 atom stereocenters. The standard InChI is InChI=1S/C17H18Cl2N2O3S2/c1-21(26(23,24)16-9-8-14(19)25-16)10-15(22)20-17(11-2-3-11)12-4-6-13(18)7-5-12/h4-9,11,17H,2-3,10H2,1H3,(H,20,22). The summed E-state index contributed by atoms with van der Waals surface area (Å²) in [5.74, 6) is 0.0312. The number of benzene rings is 1. The molecule has 1 unspecified atom stereocenters. The van der Waals surface area contributed by atoms with Gasteiger partial charge in [0.2, 0.25) is 5.91 Å². The molecule has 0 saturated heterocycles. The zero-order valence-electron chi connectivity index (χ0n) is 14.0. The lowest BCUT2D eigenvalue weighted by atomic mass is 10.0. The van der Waals surface area contributed by atoms with Crippen LogP contribution in [0.1, 0.15) is 24.4 Å². The van der Waals surface area contributed by atoms with Crippen LogP contribution in [0.4, 0.5) is 0 Å². The minimum absolute atomic E-state index is 0.120. The molecule has 0 radical (unpaired) electrons. The molecular weight excluding hydrogens is 415 g/mol. The van der Waals surface area contributed by atoms with E-state index in [9.17, 15) is 13.2 Å². The number of likely N-dealkylation sites (N-methyl/N-ethyl adjacent to an activating group) is 1. The highest BCUT2D eigenvalue weighted by Gasteiger charge is 2.34. The first-order chi connectivity index (χ1) is 12.3. The molecule has 1 aromatic carbocycles. The van der Waals surface area contributed by atoms with Crippen LogP contribution in [0.25, 0.3) is 0 Å². The molecule has 2 aromatic rings. The predicted octanol–water partition coefficient (Wildman–Crippen LogP) is 3.94. The highest BCUT2D eigenvalue weighted by molar-refractivity contribution is 7.91. The molecule has 1 aliphatic carbocycles. The molecule has 26 heavy (non-hydrogen) atoms. The second-order valence-electron chi connectivity index (χ2n) is 6.25. The highest BCUT2D eigenvalue weighted by atomic mass is 35.5. The number of nitrogens with one attached hydrogen (secondary N) is 1. The number of hydrogen-bond acceptors (Lipinski definition) is 4. The van der Waals surface area contributed by atoms with Gasteiger partial charge in [0.1, 0.15) is 4.21 Å². The van der Waals surface area contributed by atoms with E-state index in [4.69, 9.17) is 23.2 Å². The van der Waals surface area contributed by atoms with Crippen LogP contribution in [0.15, 0.2) is 40.6 Å². The monoisotopic (exact) mass is 432 g/mol. The molecule has 1 aliphatic rings. The Morgan fingerprint density at radius 2 is 1.88 bits per heavy atom. The Bertz CT molecular complexity index is 893. The van der Waals surface area contributed by atoms with Crippen molar-refractivity contribution in [1.29, 1.82) is 0 Å². The van der Waals surface area contributed by atoms with Crippen molar-refractivity contribution < 1.29 is 13.2 Å². The van der Waals surface area contributed by atoms with Gasteiger partial charge in [0.15, 0.2) is 0 Å². The van der Waals surface area contributed by atoms with Gasteiger partial charge in [-0.1, -0.05) is 35.3 Å². The summed E-state index contributed by atoms with van der Waals surface area (Å²) < 4.78 is 26.6. The second-order valence-corrected chi connectivity index (χ2v) is 10.7. The Labute approximate surface area is 167 Å². The average molecular weight is 433 g/mol. The highest BCUT2D eigenvalue weighted by Crippen LogP contribution is 2.41. The number of thiophene rings is 1. The van der Waals surface area contributed by atoms with E-state index in [1.807, 2.05) is 12.1 Å². The zero-order chi connectivity index (χ0) is 18.9. The van der Waals surface area contributed by atoms with Crippen molar-refractivity contribution in [2.75, 3.05) is 13.6 Å². The van der Waals surface area contributed by atoms with E-state index in [1.165, 1.54) is 19.2 Å². The van der Waals surface area contributed by atoms with E-state index in [-0.39, 0.29) is 22.7 Å². The van der Waals surface area contributed by atoms with Crippen molar-refractivity contribution >= 4 is 50.5 Å². The smallest absolute Gasteiger partial charge is 0.252 e. The van der Waals surface area contributed by atoms with Gasteiger partial charge in [0, 0.05) is 12.1 Å². The molecule has 1 heterocycles. The molecule has 0 aliphatic heterocycles. The lowest BCUT2D eigenvalue weighted by Crippen LogP contribution is -2.40. The van der Waals surface area contributed by atoms with Crippen molar-refractivity contribution in [3.63, 3.8) is 0 Å². The fourth-order valence-corrected chi connectivity index (χ4v) is 5.62. The van der Waals surface area contributed by atoms with Crippen LogP contribution in [0.3, 0.4) is 0 Å². The largest absolute Gasteiger partial charge is 0.348 e. The summed E-state index contributed by atoms with van der Waals surface area (Å²) in [5.41, 5.74) is 0.973. The lowest BCUT2D eigenvalue weighted by Gasteiger charge is -2.21. The number of carbonyl (C=O) groups excluding carboxylic acids is 1. The summed E-state index contributed by atoms with van der Waals surface area (Å²) in [5, 5.41) is 3.60. The summed E-state index contributed by atoms with van der Waals surface area (Å²) in [7, 11) is -2.35. The van der Waals surface area contributed by atoms with Gasteiger partial charge in [-0.15, -0.1) is 11.3 Å². The molecule has 1 amide bonds. The van der Waals surface area contributed by atoms with E-state index in [0.717, 1.165) is 34.0 Å². The fourth-order valence-electron chi connectivity index (χ4n) is 2.67. The number of nitrogens with zero attached hydrogens (tertiary/aromatic N) is 1. The van der Waals surface area contributed by atoms with Crippen molar-refractivity contribution in [1.82, 2.24) is 9.62 Å². The molecular formula is C17H18Cl2N2O3S2. The van der Waals surface area contributed by atoms with Crippen LogP contribution < -0.4 is 5.32 Å². The van der Waals surface area contributed by atoms with Gasteiger partial charge in [-0.2, -0.15) is 4.31 Å². The van der Waals surface area contributed by atoms with E-state index in [2.05, 4.69) is 5.32 Å². The SMILES string of the molecule is CN(CC(=O)NC(c1ccc(Cl)cc1)C1CC1)S(=O)(=O)c1ccc(Cl)s1. The van der Waals surface area contributed by atoms with Crippen LogP contribution in [0.2, 0.25) is 9.36 Å². The molecule has 5 nitrogen and oxygen atoms in total. The van der Waals surface area contributed by atoms with Crippen LogP contribution in [-0.2, 0) is 14.8 Å². The summed E-state index contributed by atoms with van der Waals surface area (Å²) in [6.07, 6.45) is 2.07. The van der Waals surface area contributed by atoms with E-state index < -0.39 is 10.0 Å². The average Bonchev–Trinajstić information content (AvgIpc) is 3.33. The molecule has 0 spiro atoms. The Kier molecular flexibility index (Phi) is 5.94. The van der Waals surface area contributed by atoms with E-state index in [0.29, 0.717) is 15.3 Å². The number of rotatable bonds is 7. The Hall–Kier alpha value is -1.12. The van der Waals surface area contributed by atoms with Crippen LogP contribution in [0, 0.1) is 5.92 Å². The number of carbonyl (C=O) groups is 1. The Balaban J connectivity index is 1.67. The van der Waals surface area contributed by atoms with E-state index in [1.54, 1.807) is 12.1 Å². The summed E-state index contributed by atoms with van der Waals surface area (Å²) in [6.45, 7) is -0.255. The van der Waals surface area contributed by atoms with Crippen molar-refractivity contribution in [2.24, 2.45) is 5.92 Å². The van der Waals surface area contributed by atoms with Gasteiger partial charge in [0.25, 0.3) is 10.0 Å². The third-order valence-corrected chi connectivity index (χ3v) is 7.97. The second kappa shape index (κ2) is 7.86. The predicted molar refractivity (Wildman–Crippen MR) is 104 cm³/mol. The number of sulfonamides is 1. The summed E-state index contributed by atoms with van der Waals surface area (Å²) >= 11 is 12.7. The number of amides is 1. The van der Waals surface area contributed by atoms with Gasteiger partial charge in [0.05, 0.1) is 16.9 Å². The first-order valence-corrected chi connectivity index (χ1v) is 11.0. The minimum atomic E-state index is -3.73. The molecule has 140 valence electrons. The van der Waals surface area contributed by atoms with Crippen molar-refractivity contribution in [3.8, 4) is 0 Å². The van der Waals surface area contributed by atoms with Crippen molar-refractivity contribution in [2.45, 2.75) is 23.1 Å². The first-order valence-electron chi connectivity index (χ1n) is 8.04. The van der Waals surface area contributed by atoms with Gasteiger partial charge in [-0.3, -0.25) is 4.79 Å². The Morgan fingerprint density at radius 3 is 2.42 bits per heavy atom. The van der Waals surface area contributed by atoms with Crippen molar-refractivity contribution in [3.05, 3.63) is 51.3 Å². The molecule has 1 aromatic heterocycles. The third-order valence-electron chi connectivity index (χ3n) is 4.22. The Morgan fingerprint density at radius 1 is 1.23 bits per heavy atom. The molecule has 1 N–H and O–H groups in total. The molecule has 1 saturated carbocycles. The third kappa shape index (κ3) is 4.58. The summed E-state index contributed by atoms with van der Waals surface area (Å²) in [6, 6.07) is 10.2. The quantitative estimate of drug-likeness (QED) is 0.719. The number of hydrogen-bond donors (Lipinski definition) is 1. The minimum Gasteiger partial charge on any atom is -0.348 e. The maximum absolute atomic E-state index is 12.5. The topological polar surface area (TPSA) is 66.5 Å². The van der Waals surface area contributed by atoms with Gasteiger partial charge in [-0.25, -0.2) is 8.42 Å². The van der Waals surface area contributed by atoms with Crippen LogP contribution in [0.5, 0.6) is 0 Å². The fraction of sp³-hybridized carbons (Fsp3) is 0.353. The normalized spacial score (nSPS) is 15.8. The van der Waals surface area contributed by atoms with Crippen LogP contribution >= 0.6 is 34.5 Å². The first kappa shape index (κ1) is 19.6. The van der Waals surface area contributed by atoms with E-state index >= 15 is 0 Å². The zero-order valence-corrected chi connectivity index (χ0v) is 17.1.